The fourth-order valence-corrected chi connectivity index (χ4v) is 8.99. The fraction of sp³-hybridized carbons (Fsp3) is 0.194. The molecular weight excluding hydrogens is 544 g/mol. The SMILES string of the molecule is Cc1cc(C)c(S(=O)(=O)c2ccccc2NC(=O)Nc2ccccc2S(=O)(=O)c2c(C)cc(C)cc2C)c(C)c1. The van der Waals surface area contributed by atoms with Gasteiger partial charge in [-0.15, -0.1) is 0 Å². The van der Waals surface area contributed by atoms with E-state index in [2.05, 4.69) is 10.6 Å². The van der Waals surface area contributed by atoms with Gasteiger partial charge in [-0.1, -0.05) is 59.7 Å². The highest BCUT2D eigenvalue weighted by atomic mass is 32.2. The van der Waals surface area contributed by atoms with Crippen molar-refractivity contribution in [2.75, 3.05) is 10.6 Å². The molecule has 0 saturated heterocycles. The van der Waals surface area contributed by atoms with Gasteiger partial charge in [-0.25, -0.2) is 21.6 Å². The predicted molar refractivity (Wildman–Crippen MR) is 158 cm³/mol. The molecule has 2 N–H and O–H groups in total. The summed E-state index contributed by atoms with van der Waals surface area (Å²) in [5.74, 6) is 0. The largest absolute Gasteiger partial charge is 0.323 e. The number of urea groups is 1. The first-order valence-corrected chi connectivity index (χ1v) is 15.6. The first-order chi connectivity index (χ1) is 18.7. The van der Waals surface area contributed by atoms with Crippen molar-refractivity contribution in [1.29, 1.82) is 0 Å². The molecule has 40 heavy (non-hydrogen) atoms. The molecule has 0 aliphatic carbocycles. The van der Waals surface area contributed by atoms with Crippen LogP contribution in [0.3, 0.4) is 0 Å². The second-order valence-electron chi connectivity index (χ2n) is 10.0. The predicted octanol–water partition coefficient (Wildman–Crippen LogP) is 6.85. The van der Waals surface area contributed by atoms with Crippen LogP contribution in [0.15, 0.2) is 92.4 Å². The molecule has 0 spiro atoms. The minimum atomic E-state index is -3.99. The topological polar surface area (TPSA) is 109 Å². The Morgan fingerprint density at radius 2 is 0.825 bits per heavy atom. The molecule has 0 unspecified atom stereocenters. The van der Waals surface area contributed by atoms with E-state index < -0.39 is 25.7 Å². The van der Waals surface area contributed by atoms with Gasteiger partial charge in [0.25, 0.3) is 0 Å². The third kappa shape index (κ3) is 5.52. The number of aryl methyl sites for hydroxylation is 6. The van der Waals surface area contributed by atoms with E-state index in [1.807, 2.05) is 13.8 Å². The Hall–Kier alpha value is -3.95. The molecule has 0 atom stereocenters. The van der Waals surface area contributed by atoms with Crippen LogP contribution in [0.1, 0.15) is 33.4 Å². The van der Waals surface area contributed by atoms with E-state index in [0.717, 1.165) is 11.1 Å². The fourth-order valence-electron chi connectivity index (χ4n) is 5.29. The molecule has 7 nitrogen and oxygen atoms in total. The molecule has 0 bridgehead atoms. The van der Waals surface area contributed by atoms with Crippen LogP contribution in [-0.4, -0.2) is 22.9 Å². The Bertz CT molecular complexity index is 1680. The van der Waals surface area contributed by atoms with E-state index in [1.165, 1.54) is 24.3 Å². The molecule has 0 fully saturated rings. The minimum absolute atomic E-state index is 0.0629. The van der Waals surface area contributed by atoms with Crippen molar-refractivity contribution >= 4 is 37.1 Å². The van der Waals surface area contributed by atoms with Gasteiger partial charge in [-0.3, -0.25) is 0 Å². The van der Waals surface area contributed by atoms with E-state index in [0.29, 0.717) is 22.3 Å². The van der Waals surface area contributed by atoms with E-state index in [4.69, 9.17) is 0 Å². The average molecular weight is 577 g/mol. The van der Waals surface area contributed by atoms with Crippen LogP contribution >= 0.6 is 0 Å². The van der Waals surface area contributed by atoms with Gasteiger partial charge >= 0.3 is 6.03 Å². The van der Waals surface area contributed by atoms with Gasteiger partial charge in [0.05, 0.1) is 31.0 Å². The summed E-state index contributed by atoms with van der Waals surface area (Å²) < 4.78 is 54.9. The van der Waals surface area contributed by atoms with Crippen molar-refractivity contribution < 1.29 is 21.6 Å². The molecule has 0 aliphatic rings. The van der Waals surface area contributed by atoms with Crippen LogP contribution in [0.25, 0.3) is 0 Å². The van der Waals surface area contributed by atoms with Crippen molar-refractivity contribution in [2.45, 2.75) is 61.1 Å². The molecule has 208 valence electrons. The number of amides is 2. The lowest BCUT2D eigenvalue weighted by Crippen LogP contribution is -2.22. The van der Waals surface area contributed by atoms with Crippen LogP contribution in [0, 0.1) is 41.5 Å². The molecule has 4 aromatic rings. The number of carbonyl (C=O) groups excluding carboxylic acids is 1. The van der Waals surface area contributed by atoms with Crippen molar-refractivity contribution in [3.8, 4) is 0 Å². The van der Waals surface area contributed by atoms with Crippen LogP contribution in [-0.2, 0) is 19.7 Å². The molecule has 2 amide bonds. The minimum Gasteiger partial charge on any atom is -0.306 e. The number of nitrogens with one attached hydrogen (secondary N) is 2. The van der Waals surface area contributed by atoms with Crippen LogP contribution < -0.4 is 10.6 Å². The quantitative estimate of drug-likeness (QED) is 0.261. The van der Waals surface area contributed by atoms with E-state index in [9.17, 15) is 21.6 Å². The molecule has 4 aromatic carbocycles. The maximum absolute atomic E-state index is 13.7. The highest BCUT2D eigenvalue weighted by Crippen LogP contribution is 2.34. The van der Waals surface area contributed by atoms with Gasteiger partial charge in [0.1, 0.15) is 0 Å². The summed E-state index contributed by atoms with van der Waals surface area (Å²) in [5.41, 5.74) is 4.48. The summed E-state index contributed by atoms with van der Waals surface area (Å²) in [7, 11) is -7.97. The number of anilines is 2. The van der Waals surface area contributed by atoms with Gasteiger partial charge in [-0.05, 0) is 88.1 Å². The number of para-hydroxylation sites is 2. The molecule has 0 aliphatic heterocycles. The Morgan fingerprint density at radius 1 is 0.525 bits per heavy atom. The zero-order chi connectivity index (χ0) is 29.4. The number of rotatable bonds is 6. The zero-order valence-electron chi connectivity index (χ0n) is 23.3. The number of hydrogen-bond acceptors (Lipinski definition) is 5. The Morgan fingerprint density at radius 3 is 1.15 bits per heavy atom. The van der Waals surface area contributed by atoms with E-state index in [1.54, 1.807) is 76.2 Å². The van der Waals surface area contributed by atoms with Gasteiger partial charge in [0.2, 0.25) is 19.7 Å². The van der Waals surface area contributed by atoms with Crippen molar-refractivity contribution in [1.82, 2.24) is 0 Å². The number of carbonyl (C=O) groups is 1. The first kappa shape index (κ1) is 29.0. The summed E-state index contributed by atoms with van der Waals surface area (Å²) in [6.45, 7) is 10.8. The molecule has 9 heteroatoms. The Kier molecular flexibility index (Phi) is 7.92. The molecule has 0 aromatic heterocycles. The molecular formula is C31H32N2O5S2. The standard InChI is InChI=1S/C31H32N2O5S2/c1-19-15-21(3)29(22(4)16-19)39(35,36)27-13-9-7-11-25(27)32-31(34)33-26-12-8-10-14-28(26)40(37,38)30-23(5)17-20(2)18-24(30)6/h7-18H,1-6H3,(H2,32,33,34). The smallest absolute Gasteiger partial charge is 0.306 e. The molecule has 0 radical (unpaired) electrons. The summed E-state index contributed by atoms with van der Waals surface area (Å²) in [6.07, 6.45) is 0. The maximum atomic E-state index is 13.7. The van der Waals surface area contributed by atoms with E-state index >= 15 is 0 Å². The Balaban J connectivity index is 1.69. The Labute approximate surface area is 236 Å². The van der Waals surface area contributed by atoms with Gasteiger partial charge in [-0.2, -0.15) is 0 Å². The second-order valence-corrected chi connectivity index (χ2v) is 13.7. The molecule has 0 saturated carbocycles. The highest BCUT2D eigenvalue weighted by molar-refractivity contribution is 7.92. The van der Waals surface area contributed by atoms with Gasteiger partial charge < -0.3 is 10.6 Å². The monoisotopic (exact) mass is 576 g/mol. The lowest BCUT2D eigenvalue weighted by Gasteiger charge is -2.17. The van der Waals surface area contributed by atoms with Gasteiger partial charge in [0.15, 0.2) is 0 Å². The zero-order valence-corrected chi connectivity index (χ0v) is 24.9. The van der Waals surface area contributed by atoms with Gasteiger partial charge in [0, 0.05) is 0 Å². The first-order valence-electron chi connectivity index (χ1n) is 12.7. The lowest BCUT2D eigenvalue weighted by atomic mass is 10.1. The maximum Gasteiger partial charge on any atom is 0.323 e. The second kappa shape index (κ2) is 10.9. The lowest BCUT2D eigenvalue weighted by molar-refractivity contribution is 0.262. The van der Waals surface area contributed by atoms with Crippen molar-refractivity contribution in [3.05, 3.63) is 106 Å². The third-order valence-corrected chi connectivity index (χ3v) is 10.8. The molecule has 4 rings (SSSR count). The van der Waals surface area contributed by atoms with Crippen LogP contribution in [0.2, 0.25) is 0 Å². The summed E-state index contributed by atoms with van der Waals surface area (Å²) in [4.78, 5) is 13.4. The normalized spacial score (nSPS) is 11.8. The summed E-state index contributed by atoms with van der Waals surface area (Å²) >= 11 is 0. The van der Waals surface area contributed by atoms with Crippen molar-refractivity contribution in [2.24, 2.45) is 0 Å². The van der Waals surface area contributed by atoms with Crippen molar-refractivity contribution in [3.63, 3.8) is 0 Å². The third-order valence-electron chi connectivity index (χ3n) is 6.60. The number of hydrogen-bond donors (Lipinski definition) is 2. The summed E-state index contributed by atoms with van der Waals surface area (Å²) in [6, 6.07) is 18.7. The number of sulfone groups is 2. The highest BCUT2D eigenvalue weighted by Gasteiger charge is 2.28. The van der Waals surface area contributed by atoms with Crippen LogP contribution in [0.5, 0.6) is 0 Å². The molecule has 0 heterocycles. The number of benzene rings is 4. The summed E-state index contributed by atoms with van der Waals surface area (Å²) in [5, 5.41) is 5.22. The van der Waals surface area contributed by atoms with E-state index in [-0.39, 0.29) is 31.0 Å². The van der Waals surface area contributed by atoms with Crippen LogP contribution in [0.4, 0.5) is 16.2 Å². The average Bonchev–Trinajstić information content (AvgIpc) is 2.82.